The number of imidazole rings is 1. The molecule has 220 valence electrons. The van der Waals surface area contributed by atoms with Gasteiger partial charge in [-0.2, -0.15) is 23.8 Å². The summed E-state index contributed by atoms with van der Waals surface area (Å²) < 4.78 is 10.7. The van der Waals surface area contributed by atoms with Crippen molar-refractivity contribution in [3.8, 4) is 23.0 Å². The SMILES string of the molecule is CC(C)(C)c1cc(Oc2[c-]c3c(cc2)c2ccccc2n3-c2cc(C(C)(C)C)ccn2)[c-]c(-n2[c-]nc3ccccc32)c1.[Ir+3]. The Morgan fingerprint density at radius 1 is 0.682 bits per heavy atom. The maximum atomic E-state index is 6.55. The van der Waals surface area contributed by atoms with Crippen LogP contribution >= 0.6 is 0 Å². The normalized spacial score (nSPS) is 12.1. The molecule has 0 unspecified atom stereocenters. The van der Waals surface area contributed by atoms with Gasteiger partial charge in [0.05, 0.1) is 0 Å². The van der Waals surface area contributed by atoms with Crippen molar-refractivity contribution in [2.45, 2.75) is 52.4 Å². The third-order valence-electron chi connectivity index (χ3n) is 7.95. The molecule has 0 radical (unpaired) electrons. The molecule has 0 aliphatic rings. The second-order valence-electron chi connectivity index (χ2n) is 13.1. The number of pyridine rings is 1. The minimum Gasteiger partial charge on any atom is -0.510 e. The fourth-order valence-electron chi connectivity index (χ4n) is 5.52. The first kappa shape index (κ1) is 29.8. The van der Waals surface area contributed by atoms with Crippen LogP contribution in [0.1, 0.15) is 52.7 Å². The van der Waals surface area contributed by atoms with Crippen LogP contribution in [0.25, 0.3) is 44.3 Å². The maximum absolute atomic E-state index is 6.55. The summed E-state index contributed by atoms with van der Waals surface area (Å²) in [6.07, 6.45) is 5.03. The van der Waals surface area contributed by atoms with Crippen LogP contribution in [-0.2, 0) is 30.9 Å². The van der Waals surface area contributed by atoms with Crippen molar-refractivity contribution >= 4 is 32.8 Å². The molecule has 0 spiro atoms. The van der Waals surface area contributed by atoms with Gasteiger partial charge in [0.25, 0.3) is 0 Å². The Morgan fingerprint density at radius 3 is 2.18 bits per heavy atom. The molecular weight excluding hydrogens is 721 g/mol. The first-order valence-corrected chi connectivity index (χ1v) is 14.6. The standard InChI is InChI=1S/C38H33N4O.Ir/c1-37(2,3)25-17-18-39-36(21-25)42-33-13-9-7-11-30(33)31-16-15-28(23-35(31)42)43-29-20-26(38(4,5)6)19-27(22-29)41-24-40-32-12-8-10-14-34(32)41;/h7-21H,1-6H3;/q-3;+3. The molecule has 7 aromatic rings. The average molecular weight is 754 g/mol. The van der Waals surface area contributed by atoms with Gasteiger partial charge in [0.1, 0.15) is 5.82 Å². The van der Waals surface area contributed by atoms with E-state index < -0.39 is 0 Å². The minimum absolute atomic E-state index is 0. The number of rotatable bonds is 4. The molecule has 4 aromatic carbocycles. The zero-order valence-electron chi connectivity index (χ0n) is 25.7. The molecule has 3 heterocycles. The summed E-state index contributed by atoms with van der Waals surface area (Å²) in [6.45, 7) is 13.2. The third-order valence-corrected chi connectivity index (χ3v) is 7.95. The summed E-state index contributed by atoms with van der Waals surface area (Å²) in [5, 5.41) is 2.24. The van der Waals surface area contributed by atoms with Gasteiger partial charge in [-0.1, -0.05) is 95.0 Å². The second kappa shape index (κ2) is 11.0. The van der Waals surface area contributed by atoms with Crippen molar-refractivity contribution in [3.63, 3.8) is 0 Å². The predicted octanol–water partition coefficient (Wildman–Crippen LogP) is 9.30. The van der Waals surface area contributed by atoms with Crippen molar-refractivity contribution in [1.82, 2.24) is 19.1 Å². The largest absolute Gasteiger partial charge is 3.00 e. The monoisotopic (exact) mass is 754 g/mol. The molecule has 0 saturated carbocycles. The molecule has 3 aromatic heterocycles. The smallest absolute Gasteiger partial charge is 0.510 e. The second-order valence-corrected chi connectivity index (χ2v) is 13.1. The predicted molar refractivity (Wildman–Crippen MR) is 174 cm³/mol. The number of nitrogens with zero attached hydrogens (tertiary/aromatic N) is 4. The Balaban J connectivity index is 0.00000343. The van der Waals surface area contributed by atoms with E-state index in [1.165, 1.54) is 5.56 Å². The molecule has 0 aliphatic carbocycles. The average Bonchev–Trinajstić information content (AvgIpc) is 3.55. The molecule has 0 fully saturated rings. The van der Waals surface area contributed by atoms with Crippen LogP contribution in [0.2, 0.25) is 0 Å². The van der Waals surface area contributed by atoms with Crippen LogP contribution in [0, 0.1) is 18.5 Å². The van der Waals surface area contributed by atoms with Gasteiger partial charge in [0.2, 0.25) is 0 Å². The minimum atomic E-state index is -0.109. The molecule has 5 nitrogen and oxygen atoms in total. The van der Waals surface area contributed by atoms with Crippen LogP contribution < -0.4 is 4.74 Å². The van der Waals surface area contributed by atoms with E-state index in [1.807, 2.05) is 41.1 Å². The van der Waals surface area contributed by atoms with E-state index in [2.05, 4.69) is 124 Å². The van der Waals surface area contributed by atoms with Crippen molar-refractivity contribution in [2.24, 2.45) is 0 Å². The first-order chi connectivity index (χ1) is 20.6. The van der Waals surface area contributed by atoms with E-state index in [9.17, 15) is 0 Å². The van der Waals surface area contributed by atoms with Crippen molar-refractivity contribution < 1.29 is 24.8 Å². The van der Waals surface area contributed by atoms with Crippen LogP contribution in [0.5, 0.6) is 11.5 Å². The molecule has 0 N–H and O–H groups in total. The molecular formula is C38H33IrN4O. The van der Waals surface area contributed by atoms with Gasteiger partial charge in [-0.15, -0.1) is 29.3 Å². The Bertz CT molecular complexity index is 2140. The summed E-state index contributed by atoms with van der Waals surface area (Å²) >= 11 is 0. The van der Waals surface area contributed by atoms with E-state index >= 15 is 0 Å². The maximum Gasteiger partial charge on any atom is 3.00 e. The van der Waals surface area contributed by atoms with Gasteiger partial charge < -0.3 is 18.9 Å². The summed E-state index contributed by atoms with van der Waals surface area (Å²) in [6, 6.07) is 36.0. The van der Waals surface area contributed by atoms with Gasteiger partial charge in [-0.25, -0.2) is 4.98 Å². The molecule has 44 heavy (non-hydrogen) atoms. The number of hydrogen-bond acceptors (Lipinski definition) is 3. The van der Waals surface area contributed by atoms with Crippen LogP contribution in [0.15, 0.2) is 91.1 Å². The van der Waals surface area contributed by atoms with Crippen LogP contribution in [0.3, 0.4) is 0 Å². The number of hydrogen-bond donors (Lipinski definition) is 0. The number of aromatic nitrogens is 4. The van der Waals surface area contributed by atoms with Gasteiger partial charge in [0.15, 0.2) is 0 Å². The first-order valence-electron chi connectivity index (χ1n) is 14.6. The van der Waals surface area contributed by atoms with Gasteiger partial charge in [-0.3, -0.25) is 0 Å². The molecule has 6 heteroatoms. The van der Waals surface area contributed by atoms with E-state index in [4.69, 9.17) is 9.72 Å². The quantitative estimate of drug-likeness (QED) is 0.169. The topological polar surface area (TPSA) is 44.9 Å². The number of fused-ring (bicyclic) bond motifs is 4. The number of para-hydroxylation sites is 3. The summed E-state index contributed by atoms with van der Waals surface area (Å²) in [4.78, 5) is 9.27. The van der Waals surface area contributed by atoms with Crippen molar-refractivity contribution in [2.75, 3.05) is 0 Å². The van der Waals surface area contributed by atoms with E-state index in [0.717, 1.165) is 49.9 Å². The molecule has 0 saturated heterocycles. The van der Waals surface area contributed by atoms with Gasteiger partial charge in [0, 0.05) is 29.5 Å². The fraction of sp³-hybridized carbons (Fsp3) is 0.211. The Morgan fingerprint density at radius 2 is 1.41 bits per heavy atom. The molecule has 7 rings (SSSR count). The third kappa shape index (κ3) is 5.34. The molecule has 0 bridgehead atoms. The fourth-order valence-corrected chi connectivity index (χ4v) is 5.52. The number of ether oxygens (including phenoxy) is 1. The van der Waals surface area contributed by atoms with Crippen LogP contribution in [0.4, 0.5) is 0 Å². The van der Waals surface area contributed by atoms with Crippen LogP contribution in [-0.4, -0.2) is 19.1 Å². The van der Waals surface area contributed by atoms with Gasteiger partial charge >= 0.3 is 20.1 Å². The van der Waals surface area contributed by atoms with Crippen molar-refractivity contribution in [1.29, 1.82) is 0 Å². The Hall–Kier alpha value is -4.25. The molecule has 0 aliphatic heterocycles. The summed E-state index contributed by atoms with van der Waals surface area (Å²) in [7, 11) is 0. The Kier molecular flexibility index (Phi) is 7.47. The zero-order chi connectivity index (χ0) is 29.9. The summed E-state index contributed by atoms with van der Waals surface area (Å²) in [5.41, 5.74) is 6.92. The molecule has 0 atom stereocenters. The van der Waals surface area contributed by atoms with Crippen molar-refractivity contribution in [3.05, 3.63) is 121 Å². The van der Waals surface area contributed by atoms with E-state index in [0.29, 0.717) is 11.5 Å². The molecule has 0 amide bonds. The van der Waals surface area contributed by atoms with Gasteiger partial charge in [-0.05, 0) is 45.5 Å². The Labute approximate surface area is 271 Å². The van der Waals surface area contributed by atoms with E-state index in [1.54, 1.807) is 0 Å². The number of benzene rings is 4. The van der Waals surface area contributed by atoms with E-state index in [-0.39, 0.29) is 30.9 Å². The summed E-state index contributed by atoms with van der Waals surface area (Å²) in [5.74, 6) is 2.08. The zero-order valence-corrected chi connectivity index (χ0v) is 28.1.